The first-order valence-electron chi connectivity index (χ1n) is 8.08. The van der Waals surface area contributed by atoms with E-state index in [0.29, 0.717) is 12.0 Å². The monoisotopic (exact) mass is 275 g/mol. The molecule has 0 saturated heterocycles. The highest BCUT2D eigenvalue weighted by Crippen LogP contribution is 2.33. The average Bonchev–Trinajstić information content (AvgIpc) is 3.23. The fourth-order valence-electron chi connectivity index (χ4n) is 2.76. The number of aryl methyl sites for hydroxylation is 1. The standard InChI is InChI=1S/C18H29NO/c1-5-10-19-18(15-6-7-15)12-20-16-8-9-17(13(2)3)14(4)11-16/h8-9,11,13,15,18-19H,5-7,10,12H2,1-4H3. The van der Waals surface area contributed by atoms with Crippen molar-refractivity contribution in [2.24, 2.45) is 5.92 Å². The highest BCUT2D eigenvalue weighted by Gasteiger charge is 2.31. The number of rotatable bonds is 8. The molecule has 112 valence electrons. The van der Waals surface area contributed by atoms with Crippen molar-refractivity contribution in [3.8, 4) is 5.75 Å². The van der Waals surface area contributed by atoms with Gasteiger partial charge in [0.05, 0.1) is 0 Å². The van der Waals surface area contributed by atoms with Crippen LogP contribution in [0.3, 0.4) is 0 Å². The number of nitrogens with one attached hydrogen (secondary N) is 1. The minimum Gasteiger partial charge on any atom is -0.492 e. The summed E-state index contributed by atoms with van der Waals surface area (Å²) in [5, 5.41) is 3.62. The zero-order chi connectivity index (χ0) is 14.5. The summed E-state index contributed by atoms with van der Waals surface area (Å²) in [5.74, 6) is 2.42. The summed E-state index contributed by atoms with van der Waals surface area (Å²) in [6, 6.07) is 7.03. The zero-order valence-electron chi connectivity index (χ0n) is 13.4. The van der Waals surface area contributed by atoms with E-state index < -0.39 is 0 Å². The third-order valence-electron chi connectivity index (χ3n) is 4.14. The summed E-state index contributed by atoms with van der Waals surface area (Å²) in [7, 11) is 0. The number of hydrogen-bond donors (Lipinski definition) is 1. The molecule has 1 aliphatic carbocycles. The first kappa shape index (κ1) is 15.4. The molecule has 20 heavy (non-hydrogen) atoms. The molecule has 1 N–H and O–H groups in total. The molecule has 0 radical (unpaired) electrons. The van der Waals surface area contributed by atoms with Crippen molar-refractivity contribution in [3.63, 3.8) is 0 Å². The molecule has 1 saturated carbocycles. The van der Waals surface area contributed by atoms with E-state index in [2.05, 4.69) is 51.2 Å². The number of hydrogen-bond acceptors (Lipinski definition) is 2. The molecule has 0 bridgehead atoms. The van der Waals surface area contributed by atoms with Gasteiger partial charge in [0.2, 0.25) is 0 Å². The van der Waals surface area contributed by atoms with Crippen LogP contribution in [0.15, 0.2) is 18.2 Å². The van der Waals surface area contributed by atoms with Crippen LogP contribution in [0.2, 0.25) is 0 Å². The van der Waals surface area contributed by atoms with Crippen molar-refractivity contribution in [1.82, 2.24) is 5.32 Å². The van der Waals surface area contributed by atoms with Crippen molar-refractivity contribution in [2.75, 3.05) is 13.2 Å². The third kappa shape index (κ3) is 4.24. The zero-order valence-corrected chi connectivity index (χ0v) is 13.4. The van der Waals surface area contributed by atoms with Crippen LogP contribution in [0.5, 0.6) is 5.75 Å². The van der Waals surface area contributed by atoms with Gasteiger partial charge >= 0.3 is 0 Å². The topological polar surface area (TPSA) is 21.3 Å². The van der Waals surface area contributed by atoms with Crippen molar-refractivity contribution in [2.45, 2.75) is 58.9 Å². The Labute approximate surface area is 123 Å². The quantitative estimate of drug-likeness (QED) is 0.765. The molecule has 1 atom stereocenters. The van der Waals surface area contributed by atoms with Gasteiger partial charge in [0.25, 0.3) is 0 Å². The van der Waals surface area contributed by atoms with Crippen LogP contribution in [0.25, 0.3) is 0 Å². The molecule has 0 heterocycles. The Morgan fingerprint density at radius 2 is 2.05 bits per heavy atom. The molecule has 0 spiro atoms. The molecule has 1 aromatic carbocycles. The highest BCUT2D eigenvalue weighted by molar-refractivity contribution is 5.36. The smallest absolute Gasteiger partial charge is 0.119 e. The minimum absolute atomic E-state index is 0.528. The lowest BCUT2D eigenvalue weighted by molar-refractivity contribution is 0.249. The molecular formula is C18H29NO. The molecule has 1 unspecified atom stereocenters. The van der Waals surface area contributed by atoms with Crippen LogP contribution < -0.4 is 10.1 Å². The SMILES string of the molecule is CCCNC(COc1ccc(C(C)C)c(C)c1)C1CC1. The highest BCUT2D eigenvalue weighted by atomic mass is 16.5. The van der Waals surface area contributed by atoms with E-state index in [1.165, 1.54) is 30.4 Å². The predicted octanol–water partition coefficient (Wildman–Crippen LogP) is 4.28. The molecule has 1 fully saturated rings. The van der Waals surface area contributed by atoms with Gasteiger partial charge in [-0.2, -0.15) is 0 Å². The fraction of sp³-hybridized carbons (Fsp3) is 0.667. The Bertz CT molecular complexity index is 423. The van der Waals surface area contributed by atoms with E-state index in [1.807, 2.05) is 0 Å². The number of ether oxygens (including phenoxy) is 1. The van der Waals surface area contributed by atoms with Crippen molar-refractivity contribution in [3.05, 3.63) is 29.3 Å². The van der Waals surface area contributed by atoms with Crippen LogP contribution in [-0.4, -0.2) is 19.2 Å². The van der Waals surface area contributed by atoms with E-state index in [1.54, 1.807) is 0 Å². The van der Waals surface area contributed by atoms with Gasteiger partial charge in [-0.15, -0.1) is 0 Å². The molecule has 0 aliphatic heterocycles. The Morgan fingerprint density at radius 1 is 1.30 bits per heavy atom. The second-order valence-electron chi connectivity index (χ2n) is 6.38. The summed E-state index contributed by atoms with van der Waals surface area (Å²) >= 11 is 0. The van der Waals surface area contributed by atoms with Gasteiger partial charge < -0.3 is 10.1 Å². The van der Waals surface area contributed by atoms with Gasteiger partial charge in [0.1, 0.15) is 12.4 Å². The molecule has 2 nitrogen and oxygen atoms in total. The maximum atomic E-state index is 6.02. The summed E-state index contributed by atoms with van der Waals surface area (Å²) in [6.07, 6.45) is 3.90. The van der Waals surface area contributed by atoms with Crippen LogP contribution in [0.4, 0.5) is 0 Å². The average molecular weight is 275 g/mol. The Hall–Kier alpha value is -1.02. The molecule has 0 amide bonds. The van der Waals surface area contributed by atoms with E-state index >= 15 is 0 Å². The van der Waals surface area contributed by atoms with Crippen molar-refractivity contribution in [1.29, 1.82) is 0 Å². The Balaban J connectivity index is 1.90. The summed E-state index contributed by atoms with van der Waals surface area (Å²) < 4.78 is 6.02. The van der Waals surface area contributed by atoms with Crippen molar-refractivity contribution >= 4 is 0 Å². The minimum atomic E-state index is 0.528. The van der Waals surface area contributed by atoms with Crippen LogP contribution >= 0.6 is 0 Å². The Kier molecular flexibility index (Phi) is 5.47. The maximum absolute atomic E-state index is 6.02. The van der Waals surface area contributed by atoms with E-state index in [0.717, 1.165) is 24.8 Å². The molecule has 0 aromatic heterocycles. The van der Waals surface area contributed by atoms with Gasteiger partial charge in [0.15, 0.2) is 0 Å². The lowest BCUT2D eigenvalue weighted by Gasteiger charge is -2.19. The predicted molar refractivity (Wildman–Crippen MR) is 85.6 cm³/mol. The first-order chi connectivity index (χ1) is 9.61. The largest absolute Gasteiger partial charge is 0.492 e. The molecule has 1 aliphatic rings. The molecule has 2 rings (SSSR count). The van der Waals surface area contributed by atoms with Crippen LogP contribution in [0.1, 0.15) is 57.1 Å². The molecule has 1 aromatic rings. The lowest BCUT2D eigenvalue weighted by Crippen LogP contribution is -2.37. The van der Waals surface area contributed by atoms with Crippen LogP contribution in [-0.2, 0) is 0 Å². The fourth-order valence-corrected chi connectivity index (χ4v) is 2.76. The van der Waals surface area contributed by atoms with Gasteiger partial charge in [0, 0.05) is 6.04 Å². The third-order valence-corrected chi connectivity index (χ3v) is 4.14. The summed E-state index contributed by atoms with van der Waals surface area (Å²) in [6.45, 7) is 10.8. The van der Waals surface area contributed by atoms with Gasteiger partial charge in [-0.1, -0.05) is 26.8 Å². The van der Waals surface area contributed by atoms with Crippen LogP contribution in [0, 0.1) is 12.8 Å². The molecular weight excluding hydrogens is 246 g/mol. The lowest BCUT2D eigenvalue weighted by atomic mass is 9.98. The van der Waals surface area contributed by atoms with Crippen molar-refractivity contribution < 1.29 is 4.74 Å². The second-order valence-corrected chi connectivity index (χ2v) is 6.38. The Morgan fingerprint density at radius 3 is 2.60 bits per heavy atom. The summed E-state index contributed by atoms with van der Waals surface area (Å²) in [5.41, 5.74) is 2.75. The molecule has 2 heteroatoms. The van der Waals surface area contributed by atoms with E-state index in [9.17, 15) is 0 Å². The second kappa shape index (κ2) is 7.12. The van der Waals surface area contributed by atoms with Gasteiger partial charge in [-0.05, 0) is 67.8 Å². The van der Waals surface area contributed by atoms with E-state index in [-0.39, 0.29) is 0 Å². The summed E-state index contributed by atoms with van der Waals surface area (Å²) in [4.78, 5) is 0. The number of benzene rings is 1. The normalized spacial score (nSPS) is 16.4. The van der Waals surface area contributed by atoms with Gasteiger partial charge in [-0.3, -0.25) is 0 Å². The maximum Gasteiger partial charge on any atom is 0.119 e. The van der Waals surface area contributed by atoms with E-state index in [4.69, 9.17) is 4.74 Å². The van der Waals surface area contributed by atoms with Gasteiger partial charge in [-0.25, -0.2) is 0 Å². The first-order valence-corrected chi connectivity index (χ1v) is 8.08.